The molecular formula is C27H26N4O5S. The van der Waals surface area contributed by atoms with Crippen LogP contribution in [0.2, 0.25) is 0 Å². The van der Waals surface area contributed by atoms with Gasteiger partial charge in [-0.1, -0.05) is 23.8 Å². The van der Waals surface area contributed by atoms with Crippen molar-refractivity contribution in [1.82, 2.24) is 19.7 Å². The lowest BCUT2D eigenvalue weighted by atomic mass is 10.1. The Balaban J connectivity index is 1.79. The van der Waals surface area contributed by atoms with Crippen LogP contribution in [0, 0.1) is 27.7 Å². The summed E-state index contributed by atoms with van der Waals surface area (Å²) in [6.45, 7) is 7.61. The molecule has 0 aliphatic heterocycles. The van der Waals surface area contributed by atoms with Crippen molar-refractivity contribution in [3.63, 3.8) is 0 Å². The van der Waals surface area contributed by atoms with Crippen molar-refractivity contribution >= 4 is 15.9 Å². The minimum atomic E-state index is -4.21. The third-order valence-corrected chi connectivity index (χ3v) is 6.81. The number of hydrogen-bond acceptors (Lipinski definition) is 8. The molecule has 0 atom stereocenters. The van der Waals surface area contributed by atoms with Gasteiger partial charge >= 0.3 is 0 Å². The van der Waals surface area contributed by atoms with Gasteiger partial charge in [0.25, 0.3) is 15.9 Å². The number of benzene rings is 1. The molecular weight excluding hydrogens is 492 g/mol. The lowest BCUT2D eigenvalue weighted by Crippen LogP contribution is -2.31. The summed E-state index contributed by atoms with van der Waals surface area (Å²) in [6, 6.07) is 13.2. The number of methoxy groups -OCH3 is 1. The van der Waals surface area contributed by atoms with Crippen molar-refractivity contribution in [2.75, 3.05) is 7.11 Å². The van der Waals surface area contributed by atoms with Crippen LogP contribution < -0.4 is 14.2 Å². The van der Waals surface area contributed by atoms with Gasteiger partial charge in [-0.2, -0.15) is 8.42 Å². The summed E-state index contributed by atoms with van der Waals surface area (Å²) in [5, 5.41) is -0.277. The number of rotatable bonds is 7. The molecule has 0 saturated carbocycles. The van der Waals surface area contributed by atoms with E-state index in [9.17, 15) is 13.2 Å². The van der Waals surface area contributed by atoms with Crippen LogP contribution in [0.4, 0.5) is 0 Å². The van der Waals surface area contributed by atoms with Gasteiger partial charge in [0.15, 0.2) is 5.03 Å². The van der Waals surface area contributed by atoms with Crippen molar-refractivity contribution in [2.24, 2.45) is 0 Å². The van der Waals surface area contributed by atoms with Gasteiger partial charge in [-0.15, -0.1) is 0 Å². The number of carbonyl (C=O) groups is 1. The van der Waals surface area contributed by atoms with Crippen LogP contribution in [0.25, 0.3) is 11.3 Å². The number of sulfonamides is 1. The molecule has 4 rings (SSSR count). The molecule has 0 radical (unpaired) electrons. The molecule has 4 aromatic rings. The number of aromatic nitrogens is 3. The van der Waals surface area contributed by atoms with E-state index in [0.717, 1.165) is 22.3 Å². The number of carbonyl (C=O) groups excluding carboxylic acids is 1. The Labute approximate surface area is 215 Å². The standard InChI is InChI=1S/C27H26N4O5S/c1-16-12-17(2)24(18(3)13-16)36-27-21(25(32)31-37(33,34)23-8-6-7-11-28-23)9-10-22(30-27)20-14-19(4)26(35-5)29-15-20/h6-15H,1-5H3,(H,31,32). The fourth-order valence-corrected chi connectivity index (χ4v) is 4.84. The van der Waals surface area contributed by atoms with Crippen LogP contribution in [-0.4, -0.2) is 36.4 Å². The highest BCUT2D eigenvalue weighted by atomic mass is 32.2. The molecule has 0 unspecified atom stereocenters. The average molecular weight is 519 g/mol. The highest BCUT2D eigenvalue weighted by Crippen LogP contribution is 2.33. The maximum Gasteiger partial charge on any atom is 0.281 e. The largest absolute Gasteiger partial charge is 0.481 e. The minimum Gasteiger partial charge on any atom is -0.481 e. The van der Waals surface area contributed by atoms with Crippen molar-refractivity contribution in [3.05, 3.63) is 88.7 Å². The molecule has 1 aromatic carbocycles. The van der Waals surface area contributed by atoms with E-state index in [2.05, 4.69) is 19.7 Å². The normalized spacial score (nSPS) is 11.2. The number of hydrogen-bond donors (Lipinski definition) is 1. The zero-order chi connectivity index (χ0) is 26.7. The second-order valence-electron chi connectivity index (χ2n) is 8.53. The Bertz CT molecular complexity index is 1570. The zero-order valence-electron chi connectivity index (χ0n) is 21.1. The fourth-order valence-electron chi connectivity index (χ4n) is 3.93. The van der Waals surface area contributed by atoms with Crippen LogP contribution in [0.5, 0.6) is 17.5 Å². The molecule has 9 nitrogen and oxygen atoms in total. The van der Waals surface area contributed by atoms with E-state index in [4.69, 9.17) is 9.47 Å². The molecule has 0 saturated heterocycles. The Hall–Kier alpha value is -4.31. The van der Waals surface area contributed by atoms with Crippen molar-refractivity contribution in [2.45, 2.75) is 32.7 Å². The Morgan fingerprint density at radius 3 is 2.24 bits per heavy atom. The highest BCUT2D eigenvalue weighted by Gasteiger charge is 2.24. The molecule has 1 N–H and O–H groups in total. The number of pyridine rings is 3. The first kappa shape index (κ1) is 25.8. The van der Waals surface area contributed by atoms with Gasteiger partial charge in [-0.25, -0.2) is 19.7 Å². The van der Waals surface area contributed by atoms with Crippen molar-refractivity contribution in [3.8, 4) is 28.8 Å². The predicted octanol–water partition coefficient (Wildman–Crippen LogP) is 4.69. The first-order chi connectivity index (χ1) is 17.6. The fraction of sp³-hybridized carbons (Fsp3) is 0.185. The number of ether oxygens (including phenoxy) is 2. The number of nitrogens with one attached hydrogen (secondary N) is 1. The number of nitrogens with zero attached hydrogens (tertiary/aromatic N) is 3. The van der Waals surface area contributed by atoms with E-state index in [0.29, 0.717) is 22.9 Å². The molecule has 3 heterocycles. The summed E-state index contributed by atoms with van der Waals surface area (Å²) >= 11 is 0. The molecule has 190 valence electrons. The quantitative estimate of drug-likeness (QED) is 0.374. The van der Waals surface area contributed by atoms with E-state index in [-0.39, 0.29) is 16.5 Å². The topological polar surface area (TPSA) is 120 Å². The van der Waals surface area contributed by atoms with E-state index in [1.54, 1.807) is 18.3 Å². The summed E-state index contributed by atoms with van der Waals surface area (Å²) < 4.78 is 39.0. The van der Waals surface area contributed by atoms with Crippen LogP contribution in [0.15, 0.2) is 66.0 Å². The smallest absolute Gasteiger partial charge is 0.281 e. The lowest BCUT2D eigenvalue weighted by Gasteiger charge is -2.16. The first-order valence-corrected chi connectivity index (χ1v) is 12.8. The molecule has 10 heteroatoms. The van der Waals surface area contributed by atoms with Gasteiger partial charge in [-0.05, 0) is 69.2 Å². The van der Waals surface area contributed by atoms with E-state index in [1.165, 1.54) is 31.5 Å². The maximum absolute atomic E-state index is 13.2. The van der Waals surface area contributed by atoms with Crippen LogP contribution in [0.1, 0.15) is 32.6 Å². The van der Waals surface area contributed by atoms with E-state index < -0.39 is 15.9 Å². The molecule has 3 aromatic heterocycles. The van der Waals surface area contributed by atoms with Gasteiger partial charge in [0.2, 0.25) is 11.8 Å². The summed E-state index contributed by atoms with van der Waals surface area (Å²) in [7, 11) is -2.67. The second kappa shape index (κ2) is 10.4. The van der Waals surface area contributed by atoms with Gasteiger partial charge in [-0.3, -0.25) is 4.79 Å². The molecule has 0 aliphatic rings. The van der Waals surface area contributed by atoms with Gasteiger partial charge < -0.3 is 9.47 Å². The zero-order valence-corrected chi connectivity index (χ0v) is 21.9. The summed E-state index contributed by atoms with van der Waals surface area (Å²) in [5.41, 5.74) is 4.66. The minimum absolute atomic E-state index is 0.0465. The molecule has 0 aliphatic carbocycles. The van der Waals surface area contributed by atoms with E-state index in [1.807, 2.05) is 45.9 Å². The van der Waals surface area contributed by atoms with Crippen molar-refractivity contribution in [1.29, 1.82) is 0 Å². The van der Waals surface area contributed by atoms with Crippen LogP contribution in [-0.2, 0) is 10.0 Å². The molecule has 0 fully saturated rings. The van der Waals surface area contributed by atoms with Crippen molar-refractivity contribution < 1.29 is 22.7 Å². The van der Waals surface area contributed by atoms with Gasteiger partial charge in [0, 0.05) is 23.5 Å². The number of aryl methyl sites for hydroxylation is 4. The Morgan fingerprint density at radius 1 is 0.892 bits per heavy atom. The summed E-state index contributed by atoms with van der Waals surface area (Å²) in [5.74, 6) is 0.0728. The third-order valence-electron chi connectivity index (χ3n) is 5.57. The third kappa shape index (κ3) is 5.59. The first-order valence-electron chi connectivity index (χ1n) is 11.3. The monoisotopic (exact) mass is 518 g/mol. The molecule has 0 bridgehead atoms. The molecule has 0 spiro atoms. The summed E-state index contributed by atoms with van der Waals surface area (Å²) in [6.07, 6.45) is 2.93. The molecule has 1 amide bonds. The predicted molar refractivity (Wildman–Crippen MR) is 138 cm³/mol. The molecule has 37 heavy (non-hydrogen) atoms. The summed E-state index contributed by atoms with van der Waals surface area (Å²) in [4.78, 5) is 25.9. The maximum atomic E-state index is 13.2. The average Bonchev–Trinajstić information content (AvgIpc) is 2.86. The second-order valence-corrected chi connectivity index (χ2v) is 10.2. The number of amides is 1. The lowest BCUT2D eigenvalue weighted by molar-refractivity contribution is 0.0978. The van der Waals surface area contributed by atoms with Crippen LogP contribution in [0.3, 0.4) is 0 Å². The van der Waals surface area contributed by atoms with Gasteiger partial charge in [0.1, 0.15) is 11.3 Å². The van der Waals surface area contributed by atoms with Gasteiger partial charge in [0.05, 0.1) is 12.8 Å². The Kier molecular flexibility index (Phi) is 7.21. The van der Waals surface area contributed by atoms with E-state index >= 15 is 0 Å². The highest BCUT2D eigenvalue weighted by molar-refractivity contribution is 7.90. The SMILES string of the molecule is COc1ncc(-c2ccc(C(=O)NS(=O)(=O)c3ccccn3)c(Oc3c(C)cc(C)cc3C)n2)cc1C. The Morgan fingerprint density at radius 2 is 1.62 bits per heavy atom. The van der Waals surface area contributed by atoms with Crippen LogP contribution >= 0.6 is 0 Å².